The predicted molar refractivity (Wildman–Crippen MR) is 85.9 cm³/mol. The van der Waals surface area contributed by atoms with Gasteiger partial charge in [-0.05, 0) is 25.1 Å². The molecule has 2 saturated heterocycles. The number of aryl methyl sites for hydroxylation is 1. The predicted octanol–water partition coefficient (Wildman–Crippen LogP) is 2.57. The van der Waals surface area contributed by atoms with E-state index in [-0.39, 0.29) is 17.9 Å². The molecule has 2 aromatic heterocycles. The Bertz CT molecular complexity index is 785. The fraction of sp³-hybridized carbons (Fsp3) is 0.444. The Balaban J connectivity index is 1.39. The van der Waals surface area contributed by atoms with Crippen molar-refractivity contribution in [2.75, 3.05) is 19.7 Å². The zero-order valence-corrected chi connectivity index (χ0v) is 13.9. The van der Waals surface area contributed by atoms with Crippen LogP contribution in [0.3, 0.4) is 0 Å². The van der Waals surface area contributed by atoms with Crippen molar-refractivity contribution in [3.05, 3.63) is 47.8 Å². The van der Waals surface area contributed by atoms with E-state index in [1.54, 1.807) is 11.0 Å². The van der Waals surface area contributed by atoms with Crippen LogP contribution in [0.2, 0.25) is 0 Å². The Morgan fingerprint density at radius 3 is 3.00 bits per heavy atom. The van der Waals surface area contributed by atoms with Crippen LogP contribution in [0.4, 0.5) is 4.39 Å². The number of likely N-dealkylation sites (tertiary alicyclic amines) is 1. The summed E-state index contributed by atoms with van der Waals surface area (Å²) in [6.45, 7) is 3.32. The summed E-state index contributed by atoms with van der Waals surface area (Å²) >= 11 is 0. The molecule has 4 rings (SSSR count). The molecule has 0 N–H and O–H groups in total. The highest BCUT2D eigenvalue weighted by Gasteiger charge is 2.50. The normalized spacial score (nSPS) is 21.8. The van der Waals surface area contributed by atoms with Gasteiger partial charge >= 0.3 is 0 Å². The molecule has 0 unspecified atom stereocenters. The number of rotatable bonds is 3. The molecule has 25 heavy (non-hydrogen) atoms. The SMILES string of the molecule is Cc1ccoc1C(=O)N1CC2(C[C@@H](Oc3ncccc3F)CCO2)C1. The third-order valence-electron chi connectivity index (χ3n) is 4.75. The van der Waals surface area contributed by atoms with E-state index in [0.29, 0.717) is 38.3 Å². The summed E-state index contributed by atoms with van der Waals surface area (Å²) in [6.07, 6.45) is 4.11. The lowest BCUT2D eigenvalue weighted by atomic mass is 9.84. The molecule has 6 nitrogen and oxygen atoms in total. The van der Waals surface area contributed by atoms with Crippen molar-refractivity contribution in [3.63, 3.8) is 0 Å². The number of furan rings is 1. The summed E-state index contributed by atoms with van der Waals surface area (Å²) < 4.78 is 30.6. The van der Waals surface area contributed by atoms with Crippen LogP contribution in [-0.2, 0) is 4.74 Å². The van der Waals surface area contributed by atoms with Crippen molar-refractivity contribution in [1.82, 2.24) is 9.88 Å². The minimum absolute atomic E-state index is 0.0167. The molecule has 2 aromatic rings. The second kappa shape index (κ2) is 6.15. The number of carbonyl (C=O) groups is 1. The third kappa shape index (κ3) is 3.00. The van der Waals surface area contributed by atoms with Crippen LogP contribution in [0, 0.1) is 12.7 Å². The van der Waals surface area contributed by atoms with Gasteiger partial charge in [0.15, 0.2) is 11.6 Å². The van der Waals surface area contributed by atoms with Crippen molar-refractivity contribution in [2.45, 2.75) is 31.5 Å². The van der Waals surface area contributed by atoms with E-state index in [2.05, 4.69) is 4.98 Å². The Morgan fingerprint density at radius 1 is 1.44 bits per heavy atom. The first-order chi connectivity index (χ1) is 12.1. The highest BCUT2D eigenvalue weighted by molar-refractivity contribution is 5.93. The second-order valence-corrected chi connectivity index (χ2v) is 6.65. The summed E-state index contributed by atoms with van der Waals surface area (Å²) in [6, 6.07) is 4.62. The smallest absolute Gasteiger partial charge is 0.290 e. The lowest BCUT2D eigenvalue weighted by Crippen LogP contribution is -2.67. The molecular formula is C18H19FN2O4. The number of ether oxygens (including phenoxy) is 2. The van der Waals surface area contributed by atoms with E-state index >= 15 is 0 Å². The van der Waals surface area contributed by atoms with Crippen molar-refractivity contribution in [2.24, 2.45) is 0 Å². The Kier molecular flexibility index (Phi) is 3.95. The molecule has 0 radical (unpaired) electrons. The minimum Gasteiger partial charge on any atom is -0.472 e. The van der Waals surface area contributed by atoms with Gasteiger partial charge in [0.2, 0.25) is 0 Å². The quantitative estimate of drug-likeness (QED) is 0.855. The van der Waals surface area contributed by atoms with E-state index < -0.39 is 11.4 Å². The molecule has 132 valence electrons. The molecule has 0 saturated carbocycles. The first-order valence-electron chi connectivity index (χ1n) is 8.31. The molecule has 2 aliphatic heterocycles. The number of amides is 1. The van der Waals surface area contributed by atoms with Gasteiger partial charge in [-0.3, -0.25) is 4.79 Å². The molecule has 0 aliphatic carbocycles. The first-order valence-corrected chi connectivity index (χ1v) is 8.31. The highest BCUT2D eigenvalue weighted by atomic mass is 19.1. The molecular weight excluding hydrogens is 327 g/mol. The number of halogens is 1. The summed E-state index contributed by atoms with van der Waals surface area (Å²) in [5, 5.41) is 0. The Labute approximate surface area is 144 Å². The Hall–Kier alpha value is -2.41. The zero-order valence-electron chi connectivity index (χ0n) is 13.9. The molecule has 1 spiro atoms. The van der Waals surface area contributed by atoms with Gasteiger partial charge in [-0.1, -0.05) is 0 Å². The average Bonchev–Trinajstić information content (AvgIpc) is 3.00. The van der Waals surface area contributed by atoms with Crippen LogP contribution in [-0.4, -0.2) is 47.2 Å². The van der Waals surface area contributed by atoms with Gasteiger partial charge < -0.3 is 18.8 Å². The molecule has 1 amide bonds. The number of hydrogen-bond donors (Lipinski definition) is 0. The summed E-state index contributed by atoms with van der Waals surface area (Å²) in [4.78, 5) is 18.1. The molecule has 4 heterocycles. The molecule has 7 heteroatoms. The summed E-state index contributed by atoms with van der Waals surface area (Å²) in [7, 11) is 0. The van der Waals surface area contributed by atoms with Gasteiger partial charge in [-0.15, -0.1) is 0 Å². The maximum Gasteiger partial charge on any atom is 0.290 e. The van der Waals surface area contributed by atoms with Crippen molar-refractivity contribution in [1.29, 1.82) is 0 Å². The van der Waals surface area contributed by atoms with Crippen molar-refractivity contribution >= 4 is 5.91 Å². The maximum atomic E-state index is 13.7. The Morgan fingerprint density at radius 2 is 2.28 bits per heavy atom. The largest absolute Gasteiger partial charge is 0.472 e. The molecule has 2 aliphatic rings. The van der Waals surface area contributed by atoms with Gasteiger partial charge in [0.05, 0.1) is 26.0 Å². The van der Waals surface area contributed by atoms with Gasteiger partial charge in [0.1, 0.15) is 11.7 Å². The lowest BCUT2D eigenvalue weighted by Gasteiger charge is -2.52. The number of aromatic nitrogens is 1. The summed E-state index contributed by atoms with van der Waals surface area (Å²) in [5.41, 5.74) is 0.395. The fourth-order valence-corrected chi connectivity index (χ4v) is 3.45. The van der Waals surface area contributed by atoms with E-state index in [1.807, 2.05) is 6.92 Å². The summed E-state index contributed by atoms with van der Waals surface area (Å²) in [5.74, 6) is -0.214. The van der Waals surface area contributed by atoms with Crippen molar-refractivity contribution in [3.8, 4) is 5.88 Å². The lowest BCUT2D eigenvalue weighted by molar-refractivity contribution is -0.174. The van der Waals surface area contributed by atoms with Crippen LogP contribution in [0.1, 0.15) is 29.0 Å². The molecule has 1 atom stereocenters. The topological polar surface area (TPSA) is 64.8 Å². The second-order valence-electron chi connectivity index (χ2n) is 6.65. The standard InChI is InChI=1S/C18H19FN2O4/c1-12-4-7-23-15(12)17(22)21-10-18(11-21)9-13(5-8-24-18)25-16-14(19)3-2-6-20-16/h2-4,6-7,13H,5,8-11H2,1H3/t13-/m0/s1. The van der Waals surface area contributed by atoms with Gasteiger partial charge in [-0.2, -0.15) is 0 Å². The van der Waals surface area contributed by atoms with Gasteiger partial charge in [0.25, 0.3) is 11.8 Å². The van der Waals surface area contributed by atoms with Crippen LogP contribution >= 0.6 is 0 Å². The van der Waals surface area contributed by atoms with Crippen LogP contribution in [0.15, 0.2) is 35.1 Å². The monoisotopic (exact) mass is 346 g/mol. The zero-order chi connectivity index (χ0) is 17.4. The van der Waals surface area contributed by atoms with Crippen LogP contribution in [0.25, 0.3) is 0 Å². The highest BCUT2D eigenvalue weighted by Crippen LogP contribution is 2.36. The van der Waals surface area contributed by atoms with E-state index in [1.165, 1.54) is 24.6 Å². The maximum absolute atomic E-state index is 13.7. The number of nitrogens with zero attached hydrogens (tertiary/aromatic N) is 2. The number of hydrogen-bond acceptors (Lipinski definition) is 5. The average molecular weight is 346 g/mol. The molecule has 0 aromatic carbocycles. The molecule has 0 bridgehead atoms. The van der Waals surface area contributed by atoms with Crippen LogP contribution < -0.4 is 4.74 Å². The van der Waals surface area contributed by atoms with E-state index in [0.717, 1.165) is 5.56 Å². The first kappa shape index (κ1) is 16.1. The molecule has 2 fully saturated rings. The number of carbonyl (C=O) groups excluding carboxylic acids is 1. The third-order valence-corrected chi connectivity index (χ3v) is 4.75. The van der Waals surface area contributed by atoms with Gasteiger partial charge in [0, 0.05) is 24.6 Å². The van der Waals surface area contributed by atoms with E-state index in [9.17, 15) is 9.18 Å². The van der Waals surface area contributed by atoms with Crippen LogP contribution in [0.5, 0.6) is 5.88 Å². The number of pyridine rings is 1. The fourth-order valence-electron chi connectivity index (χ4n) is 3.45. The van der Waals surface area contributed by atoms with E-state index in [4.69, 9.17) is 13.9 Å². The van der Waals surface area contributed by atoms with Crippen molar-refractivity contribution < 1.29 is 23.1 Å². The minimum atomic E-state index is -0.471. The van der Waals surface area contributed by atoms with Gasteiger partial charge in [-0.25, -0.2) is 9.37 Å².